The van der Waals surface area contributed by atoms with E-state index in [1.54, 1.807) is 0 Å². The highest BCUT2D eigenvalue weighted by molar-refractivity contribution is 9.09. The number of benzene rings is 1. The Balaban J connectivity index is 1.46. The fraction of sp³-hybridized carbons (Fsp3) is 0.412. The van der Waals surface area contributed by atoms with Gasteiger partial charge in [0.1, 0.15) is 5.82 Å². The topological polar surface area (TPSA) is 33.4 Å². The second kappa shape index (κ2) is 4.69. The third-order valence-electron chi connectivity index (χ3n) is 5.30. The summed E-state index contributed by atoms with van der Waals surface area (Å²) in [7, 11) is 0. The minimum atomic E-state index is 0.802. The molecular weight excluding hydrogens is 340 g/mol. The van der Waals surface area contributed by atoms with Crippen molar-refractivity contribution in [3.05, 3.63) is 36.5 Å². The summed E-state index contributed by atoms with van der Waals surface area (Å²) in [5.41, 5.74) is 2.13. The molecule has 0 spiro atoms. The van der Waals surface area contributed by atoms with E-state index in [1.807, 2.05) is 18.2 Å². The third-order valence-corrected chi connectivity index (χ3v) is 5.76. The summed E-state index contributed by atoms with van der Waals surface area (Å²) < 4.78 is 2.07. The van der Waals surface area contributed by atoms with Crippen LogP contribution in [0.3, 0.4) is 0 Å². The Labute approximate surface area is 137 Å². The van der Waals surface area contributed by atoms with Crippen LogP contribution in [0.2, 0.25) is 0 Å². The highest BCUT2D eigenvalue weighted by Gasteiger charge is 2.54. The summed E-state index contributed by atoms with van der Waals surface area (Å²) in [5.74, 6) is 4.58. The van der Waals surface area contributed by atoms with Crippen molar-refractivity contribution in [1.82, 2.24) is 14.4 Å². The van der Waals surface area contributed by atoms with Crippen molar-refractivity contribution in [2.75, 3.05) is 23.3 Å². The van der Waals surface area contributed by atoms with E-state index in [2.05, 4.69) is 48.5 Å². The quantitative estimate of drug-likeness (QED) is 0.674. The van der Waals surface area contributed by atoms with Crippen LogP contribution >= 0.6 is 15.9 Å². The average molecular weight is 357 g/mol. The first-order valence-corrected chi connectivity index (χ1v) is 9.02. The van der Waals surface area contributed by atoms with Crippen LogP contribution < -0.4 is 4.90 Å². The van der Waals surface area contributed by atoms with Crippen molar-refractivity contribution in [3.8, 4) is 0 Å². The summed E-state index contributed by atoms with van der Waals surface area (Å²) in [5, 5.41) is 1.13. The van der Waals surface area contributed by atoms with E-state index < -0.39 is 0 Å². The Bertz CT molecular complexity index is 846. The normalized spacial score (nSPS) is 26.8. The lowest BCUT2D eigenvalue weighted by Gasteiger charge is -2.20. The second-order valence-electron chi connectivity index (χ2n) is 6.43. The first-order valence-electron chi connectivity index (χ1n) is 7.90. The zero-order valence-corrected chi connectivity index (χ0v) is 13.8. The molecule has 112 valence electrons. The number of halogens is 1. The highest BCUT2D eigenvalue weighted by atomic mass is 79.9. The lowest BCUT2D eigenvalue weighted by Crippen LogP contribution is -2.25. The Morgan fingerprint density at radius 3 is 2.73 bits per heavy atom. The van der Waals surface area contributed by atoms with Crippen molar-refractivity contribution in [2.45, 2.75) is 6.42 Å². The first kappa shape index (κ1) is 12.9. The van der Waals surface area contributed by atoms with E-state index in [1.165, 1.54) is 6.42 Å². The minimum Gasteiger partial charge on any atom is -0.356 e. The van der Waals surface area contributed by atoms with Gasteiger partial charge >= 0.3 is 0 Å². The maximum atomic E-state index is 4.79. The van der Waals surface area contributed by atoms with E-state index in [4.69, 9.17) is 4.98 Å². The number of hydrogen-bond acceptors (Lipinski definition) is 3. The molecule has 0 N–H and O–H groups in total. The largest absolute Gasteiger partial charge is 0.356 e. The Morgan fingerprint density at radius 1 is 1.09 bits per heavy atom. The maximum Gasteiger partial charge on any atom is 0.236 e. The van der Waals surface area contributed by atoms with E-state index >= 15 is 0 Å². The number of nitrogens with zero attached hydrogens (tertiary/aromatic N) is 4. The van der Waals surface area contributed by atoms with Crippen LogP contribution in [-0.4, -0.2) is 32.8 Å². The van der Waals surface area contributed by atoms with Crippen LogP contribution in [0.1, 0.15) is 6.42 Å². The van der Waals surface area contributed by atoms with E-state index in [0.717, 1.165) is 58.8 Å². The molecule has 2 fully saturated rings. The molecular formula is C17H17BrN4. The van der Waals surface area contributed by atoms with Gasteiger partial charge < -0.3 is 4.90 Å². The minimum absolute atomic E-state index is 0.802. The van der Waals surface area contributed by atoms with Crippen molar-refractivity contribution >= 4 is 38.6 Å². The van der Waals surface area contributed by atoms with Crippen molar-refractivity contribution < 1.29 is 0 Å². The molecule has 3 atom stereocenters. The molecule has 0 bridgehead atoms. The Hall–Kier alpha value is -1.62. The number of para-hydroxylation sites is 2. The highest BCUT2D eigenvalue weighted by Crippen LogP contribution is 2.54. The van der Waals surface area contributed by atoms with Gasteiger partial charge in [0, 0.05) is 24.6 Å². The molecule has 22 heavy (non-hydrogen) atoms. The van der Waals surface area contributed by atoms with Crippen LogP contribution in [0.5, 0.6) is 0 Å². The van der Waals surface area contributed by atoms with Gasteiger partial charge in [-0.25, -0.2) is 4.98 Å². The lowest BCUT2D eigenvalue weighted by molar-refractivity contribution is 0.624. The van der Waals surface area contributed by atoms with Gasteiger partial charge in [0.15, 0.2) is 0 Å². The molecule has 1 aromatic carbocycles. The summed E-state index contributed by atoms with van der Waals surface area (Å²) >= 11 is 3.57. The molecule has 0 radical (unpaired) electrons. The number of rotatable bonds is 3. The standard InChI is InChI=1S/C17H17BrN4/c18-7-5-11-12-9-21(10-13(11)12)16-6-8-22-15-4-2-1-3-14(15)19-17(22)20-16/h1-4,6,8,11-13H,5,7,9-10H2/t11?,12-,13+. The van der Waals surface area contributed by atoms with Crippen molar-refractivity contribution in [1.29, 1.82) is 0 Å². The van der Waals surface area contributed by atoms with E-state index in [0.29, 0.717) is 0 Å². The molecule has 1 unspecified atom stereocenters. The zero-order valence-electron chi connectivity index (χ0n) is 12.2. The molecule has 1 saturated heterocycles. The molecule has 4 nitrogen and oxygen atoms in total. The smallest absolute Gasteiger partial charge is 0.236 e. The summed E-state index contributed by atoms with van der Waals surface area (Å²) in [6, 6.07) is 10.3. The van der Waals surface area contributed by atoms with Gasteiger partial charge in [-0.1, -0.05) is 28.1 Å². The number of aromatic nitrogens is 3. The molecule has 2 aromatic heterocycles. The Kier molecular flexibility index (Phi) is 2.74. The van der Waals surface area contributed by atoms with Gasteiger partial charge in [-0.15, -0.1) is 0 Å². The van der Waals surface area contributed by atoms with Gasteiger partial charge in [0.05, 0.1) is 11.0 Å². The number of alkyl halides is 1. The summed E-state index contributed by atoms with van der Waals surface area (Å²) in [6.45, 7) is 2.32. The molecule has 1 aliphatic heterocycles. The molecule has 2 aliphatic rings. The monoisotopic (exact) mass is 356 g/mol. The zero-order chi connectivity index (χ0) is 14.7. The molecule has 0 amide bonds. The van der Waals surface area contributed by atoms with Crippen LogP contribution in [0, 0.1) is 17.8 Å². The summed E-state index contributed by atoms with van der Waals surface area (Å²) in [6.07, 6.45) is 3.42. The SMILES string of the molecule is BrCCC1[C@H]2CN(c3ccn4c(n3)nc3ccccc34)C[C@@H]12. The van der Waals surface area contributed by atoms with Crippen LogP contribution in [0.25, 0.3) is 16.8 Å². The van der Waals surface area contributed by atoms with Gasteiger partial charge in [0.2, 0.25) is 5.78 Å². The second-order valence-corrected chi connectivity index (χ2v) is 7.22. The lowest BCUT2D eigenvalue weighted by atomic mass is 10.2. The molecule has 3 aromatic rings. The van der Waals surface area contributed by atoms with Gasteiger partial charge in [-0.2, -0.15) is 4.98 Å². The fourth-order valence-electron chi connectivity index (χ4n) is 4.11. The summed E-state index contributed by atoms with van der Waals surface area (Å²) in [4.78, 5) is 11.9. The molecule has 1 saturated carbocycles. The maximum absolute atomic E-state index is 4.79. The number of hydrogen-bond donors (Lipinski definition) is 0. The van der Waals surface area contributed by atoms with Gasteiger partial charge in [-0.05, 0) is 42.4 Å². The van der Waals surface area contributed by atoms with Crippen LogP contribution in [0.15, 0.2) is 36.5 Å². The molecule has 5 rings (SSSR count). The van der Waals surface area contributed by atoms with Gasteiger partial charge in [-0.3, -0.25) is 4.40 Å². The van der Waals surface area contributed by atoms with Crippen molar-refractivity contribution in [2.24, 2.45) is 17.8 Å². The van der Waals surface area contributed by atoms with E-state index in [-0.39, 0.29) is 0 Å². The molecule has 1 aliphatic carbocycles. The predicted molar refractivity (Wildman–Crippen MR) is 91.6 cm³/mol. The Morgan fingerprint density at radius 2 is 1.91 bits per heavy atom. The average Bonchev–Trinajstić information content (AvgIpc) is 2.93. The molecule has 5 heteroatoms. The van der Waals surface area contributed by atoms with Crippen LogP contribution in [0.4, 0.5) is 5.82 Å². The van der Waals surface area contributed by atoms with Crippen molar-refractivity contribution in [3.63, 3.8) is 0 Å². The predicted octanol–water partition coefficient (Wildman–Crippen LogP) is 3.35. The van der Waals surface area contributed by atoms with Gasteiger partial charge in [0.25, 0.3) is 0 Å². The number of fused-ring (bicyclic) bond motifs is 4. The van der Waals surface area contributed by atoms with Crippen LogP contribution in [-0.2, 0) is 0 Å². The number of piperidine rings is 1. The first-order chi connectivity index (χ1) is 10.8. The number of imidazole rings is 1. The van der Waals surface area contributed by atoms with E-state index in [9.17, 15) is 0 Å². The number of anilines is 1. The molecule has 3 heterocycles. The fourth-order valence-corrected chi connectivity index (χ4v) is 4.63. The third kappa shape index (κ3) is 1.81.